The number of fused-ring (bicyclic) bond motifs is 5. The van der Waals surface area contributed by atoms with E-state index in [4.69, 9.17) is 15.0 Å². The lowest BCUT2D eigenvalue weighted by molar-refractivity contribution is 0.627. The molecule has 0 N–H and O–H groups in total. The third-order valence-electron chi connectivity index (χ3n) is 15.5. The Balaban J connectivity index is 0.959. The van der Waals surface area contributed by atoms with Crippen molar-refractivity contribution in [3.8, 4) is 44.8 Å². The van der Waals surface area contributed by atoms with Crippen LogP contribution >= 0.6 is 0 Å². The third kappa shape index (κ3) is 8.24. The van der Waals surface area contributed by atoms with E-state index in [1.165, 1.54) is 44.2 Å². The van der Waals surface area contributed by atoms with Crippen molar-refractivity contribution in [2.45, 2.75) is 25.3 Å². The fourth-order valence-electron chi connectivity index (χ4n) is 11.5. The van der Waals surface area contributed by atoms with Crippen molar-refractivity contribution >= 4 is 49.1 Å². The van der Waals surface area contributed by atoms with E-state index < -0.39 is 5.41 Å². The number of benzene rings is 10. The highest BCUT2D eigenvalue weighted by molar-refractivity contribution is 6.22. The molecule has 0 saturated carbocycles. The summed E-state index contributed by atoms with van der Waals surface area (Å²) in [5, 5.41) is 6.78. The maximum atomic E-state index is 5.68. The standard InChI is InChI=1S/C72H53N3/c1-48-21-15-20-34-64(48)73-69(55-41-44-63(62(47-55)49-22-7-3-8-23-49)72(2,56-26-11-5-12-27-56)57-28-13-6-14-29-57)52-37-35-51(36-38-52)67-58-30-16-18-32-60(58)68(61-33-19-17-31-59(61)67)66-46-43-54-40-39-53-42-45-65(50-24-9-4-10-25-50)74-70(53)71(54)75-66/h3-48,64H,1-2H3/b73-69-. The van der Waals surface area contributed by atoms with E-state index in [0.29, 0.717) is 0 Å². The Hall–Kier alpha value is -9.31. The van der Waals surface area contributed by atoms with Gasteiger partial charge in [-0.25, -0.2) is 9.97 Å². The van der Waals surface area contributed by atoms with E-state index in [1.807, 2.05) is 6.07 Å². The molecule has 13 rings (SSSR count). The van der Waals surface area contributed by atoms with Crippen LogP contribution in [0.4, 0.5) is 0 Å². The summed E-state index contributed by atoms with van der Waals surface area (Å²) in [7, 11) is 0. The minimum atomic E-state index is -0.444. The number of aromatic nitrogens is 2. The van der Waals surface area contributed by atoms with Gasteiger partial charge in [-0.3, -0.25) is 4.99 Å². The zero-order chi connectivity index (χ0) is 50.3. The third-order valence-corrected chi connectivity index (χ3v) is 15.5. The summed E-state index contributed by atoms with van der Waals surface area (Å²) in [4.78, 5) is 16.4. The highest BCUT2D eigenvalue weighted by Gasteiger charge is 2.34. The number of hydrogen-bond acceptors (Lipinski definition) is 3. The van der Waals surface area contributed by atoms with Gasteiger partial charge in [0.05, 0.1) is 34.2 Å². The van der Waals surface area contributed by atoms with Gasteiger partial charge in [-0.15, -0.1) is 0 Å². The van der Waals surface area contributed by atoms with Crippen LogP contribution in [-0.4, -0.2) is 21.7 Å². The first-order chi connectivity index (χ1) is 37.0. The van der Waals surface area contributed by atoms with Gasteiger partial charge in [-0.1, -0.05) is 262 Å². The molecule has 0 aliphatic heterocycles. The SMILES string of the molecule is CC1C=CC=CC1/N=C(/c1ccc(-c2c3ccccc3c(-c3ccc4ccc5ccc(-c6ccccc6)nc5c4n3)c3ccccc23)cc1)c1ccc(C(C)(c2ccccc2)c2ccccc2)c(-c2ccccc2)c1. The number of nitrogens with zero attached hydrogens (tertiary/aromatic N) is 3. The minimum Gasteiger partial charge on any atom is -0.276 e. The van der Waals surface area contributed by atoms with Gasteiger partial charge in [0.15, 0.2) is 0 Å². The fraction of sp³-hybridized carbons (Fsp3) is 0.0694. The Morgan fingerprint density at radius 3 is 1.45 bits per heavy atom. The second-order valence-electron chi connectivity index (χ2n) is 20.0. The van der Waals surface area contributed by atoms with E-state index in [-0.39, 0.29) is 12.0 Å². The highest BCUT2D eigenvalue weighted by atomic mass is 14.8. The smallest absolute Gasteiger partial charge is 0.0972 e. The number of aliphatic imine (C=N–C) groups is 1. The van der Waals surface area contributed by atoms with E-state index in [2.05, 4.69) is 281 Å². The topological polar surface area (TPSA) is 38.1 Å². The Bertz CT molecular complexity index is 4080. The molecule has 1 aliphatic carbocycles. The van der Waals surface area contributed by atoms with Crippen LogP contribution in [-0.2, 0) is 5.41 Å². The molecule has 0 bridgehead atoms. The van der Waals surface area contributed by atoms with Gasteiger partial charge in [0.2, 0.25) is 0 Å². The van der Waals surface area contributed by atoms with Crippen molar-refractivity contribution in [2.75, 3.05) is 0 Å². The zero-order valence-electron chi connectivity index (χ0n) is 42.0. The van der Waals surface area contributed by atoms with Crippen LogP contribution in [0.3, 0.4) is 0 Å². The van der Waals surface area contributed by atoms with Gasteiger partial charge in [0, 0.05) is 44.4 Å². The lowest BCUT2D eigenvalue weighted by atomic mass is 9.68. The molecule has 0 radical (unpaired) electrons. The number of pyridine rings is 2. The van der Waals surface area contributed by atoms with Crippen LogP contribution in [0.5, 0.6) is 0 Å². The summed E-state index contributed by atoms with van der Waals surface area (Å²) in [6.45, 7) is 4.62. The van der Waals surface area contributed by atoms with Crippen molar-refractivity contribution in [3.05, 3.63) is 301 Å². The van der Waals surface area contributed by atoms with Crippen molar-refractivity contribution < 1.29 is 0 Å². The average molecular weight is 960 g/mol. The number of hydrogen-bond donors (Lipinski definition) is 0. The average Bonchev–Trinajstić information content (AvgIpc) is 3.50. The summed E-state index contributed by atoms with van der Waals surface area (Å²) in [5.74, 6) is 0.242. The lowest BCUT2D eigenvalue weighted by Gasteiger charge is -2.34. The molecule has 0 spiro atoms. The Labute approximate surface area is 438 Å². The molecule has 3 nitrogen and oxygen atoms in total. The molecule has 2 atom stereocenters. The molecule has 2 aromatic heterocycles. The molecule has 1 aliphatic rings. The normalized spacial score (nSPS) is 14.8. The van der Waals surface area contributed by atoms with E-state index >= 15 is 0 Å². The lowest BCUT2D eigenvalue weighted by Crippen LogP contribution is -2.26. The first kappa shape index (κ1) is 45.5. The van der Waals surface area contributed by atoms with Gasteiger partial charge in [0.1, 0.15) is 0 Å². The molecular weight excluding hydrogens is 907 g/mol. The predicted octanol–water partition coefficient (Wildman–Crippen LogP) is 18.1. The maximum Gasteiger partial charge on any atom is 0.0972 e. The number of allylic oxidation sites excluding steroid dienone is 2. The molecule has 0 amide bonds. The van der Waals surface area contributed by atoms with Gasteiger partial charge in [-0.05, 0) is 85.6 Å². The van der Waals surface area contributed by atoms with Crippen LogP contribution in [0.15, 0.2) is 278 Å². The van der Waals surface area contributed by atoms with E-state index in [9.17, 15) is 0 Å². The summed E-state index contributed by atoms with van der Waals surface area (Å²) in [6.07, 6.45) is 8.76. The largest absolute Gasteiger partial charge is 0.276 e. The van der Waals surface area contributed by atoms with Crippen molar-refractivity contribution in [1.29, 1.82) is 0 Å². The minimum absolute atomic E-state index is 0.0211. The molecular formula is C72H53N3. The monoisotopic (exact) mass is 959 g/mol. The zero-order valence-corrected chi connectivity index (χ0v) is 42.0. The predicted molar refractivity (Wildman–Crippen MR) is 316 cm³/mol. The first-order valence-electron chi connectivity index (χ1n) is 26.0. The molecule has 2 unspecified atom stereocenters. The maximum absolute atomic E-state index is 5.68. The summed E-state index contributed by atoms with van der Waals surface area (Å²) in [5.41, 5.74) is 16.9. The molecule has 75 heavy (non-hydrogen) atoms. The summed E-state index contributed by atoms with van der Waals surface area (Å²) in [6, 6.07) is 89.8. The fourth-order valence-corrected chi connectivity index (χ4v) is 11.5. The van der Waals surface area contributed by atoms with Crippen molar-refractivity contribution in [2.24, 2.45) is 10.9 Å². The number of rotatable bonds is 10. The molecule has 2 heterocycles. The quantitative estimate of drug-likeness (QED) is 0.0593. The summed E-state index contributed by atoms with van der Waals surface area (Å²) >= 11 is 0. The van der Waals surface area contributed by atoms with Gasteiger partial charge in [-0.2, -0.15) is 0 Å². The van der Waals surface area contributed by atoms with Crippen LogP contribution in [0, 0.1) is 5.92 Å². The first-order valence-corrected chi connectivity index (χ1v) is 26.0. The second kappa shape index (κ2) is 19.3. The second-order valence-corrected chi connectivity index (χ2v) is 20.0. The van der Waals surface area contributed by atoms with Crippen LogP contribution in [0.25, 0.3) is 88.1 Å². The van der Waals surface area contributed by atoms with E-state index in [0.717, 1.165) is 77.5 Å². The molecule has 0 saturated heterocycles. The van der Waals surface area contributed by atoms with Crippen molar-refractivity contribution in [3.63, 3.8) is 0 Å². The highest BCUT2D eigenvalue weighted by Crippen LogP contribution is 2.46. The Kier molecular flexibility index (Phi) is 11.7. The summed E-state index contributed by atoms with van der Waals surface area (Å²) < 4.78 is 0. The van der Waals surface area contributed by atoms with E-state index in [1.54, 1.807) is 0 Å². The van der Waals surface area contributed by atoms with Crippen LogP contribution < -0.4 is 0 Å². The van der Waals surface area contributed by atoms with Crippen LogP contribution in [0.2, 0.25) is 0 Å². The van der Waals surface area contributed by atoms with Crippen LogP contribution in [0.1, 0.15) is 41.7 Å². The van der Waals surface area contributed by atoms with Gasteiger partial charge >= 0.3 is 0 Å². The van der Waals surface area contributed by atoms with Gasteiger partial charge < -0.3 is 0 Å². The molecule has 356 valence electrons. The molecule has 10 aromatic carbocycles. The molecule has 12 aromatic rings. The molecule has 0 fully saturated rings. The Morgan fingerprint density at radius 2 is 0.880 bits per heavy atom. The van der Waals surface area contributed by atoms with Crippen molar-refractivity contribution in [1.82, 2.24) is 9.97 Å². The molecule has 3 heteroatoms. The van der Waals surface area contributed by atoms with Gasteiger partial charge in [0.25, 0.3) is 0 Å². The Morgan fingerprint density at radius 1 is 0.413 bits per heavy atom.